The number of nitrogens with zero attached hydrogens (tertiary/aromatic N) is 2. The average molecular weight is 282 g/mol. The molecule has 0 aliphatic heterocycles. The van der Waals surface area contributed by atoms with Crippen molar-refractivity contribution in [3.05, 3.63) is 46.1 Å². The van der Waals surface area contributed by atoms with Crippen LogP contribution in [0.4, 0.5) is 0 Å². The summed E-state index contributed by atoms with van der Waals surface area (Å²) in [5, 5.41) is 0. The number of aromatic nitrogens is 2. The Morgan fingerprint density at radius 3 is 2.75 bits per heavy atom. The molecule has 0 atom stereocenters. The number of benzene rings is 1. The van der Waals surface area contributed by atoms with E-state index < -0.39 is 0 Å². The number of rotatable bonds is 2. The summed E-state index contributed by atoms with van der Waals surface area (Å²) in [7, 11) is 0. The number of aryl methyl sites for hydroxylation is 4. The lowest BCUT2D eigenvalue weighted by Crippen LogP contribution is -1.92. The summed E-state index contributed by atoms with van der Waals surface area (Å²) in [6.07, 6.45) is 4.84. The van der Waals surface area contributed by atoms with Crippen LogP contribution < -0.4 is 0 Å². The second kappa shape index (κ2) is 4.45. The molecule has 0 N–H and O–H groups in total. The predicted octanol–water partition coefficient (Wildman–Crippen LogP) is 4.42. The topological polar surface area (TPSA) is 17.3 Å². The van der Waals surface area contributed by atoms with Gasteiger partial charge in [-0.1, -0.05) is 31.2 Å². The van der Waals surface area contributed by atoms with E-state index in [9.17, 15) is 0 Å². The Balaban J connectivity index is 1.87. The second-order valence-corrected chi connectivity index (χ2v) is 6.60. The van der Waals surface area contributed by atoms with E-state index in [4.69, 9.17) is 4.98 Å². The molecule has 4 rings (SSSR count). The summed E-state index contributed by atoms with van der Waals surface area (Å²) in [6.45, 7) is 4.39. The van der Waals surface area contributed by atoms with Crippen LogP contribution in [0, 0.1) is 6.92 Å². The largest absolute Gasteiger partial charge is 0.291 e. The van der Waals surface area contributed by atoms with Crippen molar-refractivity contribution in [2.24, 2.45) is 0 Å². The van der Waals surface area contributed by atoms with E-state index in [1.165, 1.54) is 46.7 Å². The van der Waals surface area contributed by atoms with Gasteiger partial charge in [0.2, 0.25) is 0 Å². The summed E-state index contributed by atoms with van der Waals surface area (Å²) in [5.74, 6) is 0. The fourth-order valence-corrected chi connectivity index (χ4v) is 4.44. The van der Waals surface area contributed by atoms with Gasteiger partial charge in [0.1, 0.15) is 0 Å². The Morgan fingerprint density at radius 1 is 1.20 bits per heavy atom. The van der Waals surface area contributed by atoms with E-state index in [-0.39, 0.29) is 0 Å². The molecule has 1 aromatic carbocycles. The van der Waals surface area contributed by atoms with Crippen molar-refractivity contribution in [1.29, 1.82) is 0 Å². The van der Waals surface area contributed by atoms with Gasteiger partial charge in [-0.15, -0.1) is 11.3 Å². The Hall–Kier alpha value is -1.61. The van der Waals surface area contributed by atoms with Gasteiger partial charge in [-0.05, 0) is 38.2 Å². The Kier molecular flexibility index (Phi) is 2.71. The van der Waals surface area contributed by atoms with Crippen molar-refractivity contribution in [2.45, 2.75) is 39.5 Å². The Bertz CT molecular complexity index is 778. The lowest BCUT2D eigenvalue weighted by molar-refractivity contribution is 0.882. The molecular formula is C17H18N2S. The van der Waals surface area contributed by atoms with Crippen molar-refractivity contribution in [2.75, 3.05) is 0 Å². The third-order valence-electron chi connectivity index (χ3n) is 4.34. The standard InChI is InChI=1S/C17H18N2S/c1-3-12-7-9-13(10-8-12)16-11(2)19-14-5-4-6-15(14)20-17(19)18-16/h7-10H,3-6H2,1-2H3. The molecule has 1 aliphatic carbocycles. The van der Waals surface area contributed by atoms with Crippen LogP contribution in [0.2, 0.25) is 0 Å². The van der Waals surface area contributed by atoms with E-state index in [2.05, 4.69) is 42.5 Å². The van der Waals surface area contributed by atoms with Crippen LogP contribution in [0.25, 0.3) is 16.2 Å². The molecule has 0 saturated carbocycles. The van der Waals surface area contributed by atoms with Crippen LogP contribution in [0.15, 0.2) is 24.3 Å². The highest BCUT2D eigenvalue weighted by molar-refractivity contribution is 7.17. The molecule has 20 heavy (non-hydrogen) atoms. The van der Waals surface area contributed by atoms with Crippen LogP contribution in [0.5, 0.6) is 0 Å². The van der Waals surface area contributed by atoms with Gasteiger partial charge in [0.15, 0.2) is 4.96 Å². The quantitative estimate of drug-likeness (QED) is 0.680. The molecule has 2 heterocycles. The van der Waals surface area contributed by atoms with Crippen molar-refractivity contribution in [3.8, 4) is 11.3 Å². The number of thiazole rings is 1. The van der Waals surface area contributed by atoms with Crippen molar-refractivity contribution in [3.63, 3.8) is 0 Å². The first-order valence-electron chi connectivity index (χ1n) is 7.37. The summed E-state index contributed by atoms with van der Waals surface area (Å²) in [6, 6.07) is 8.84. The lowest BCUT2D eigenvalue weighted by atomic mass is 10.1. The zero-order valence-corrected chi connectivity index (χ0v) is 12.8. The Morgan fingerprint density at radius 2 is 2.00 bits per heavy atom. The molecular weight excluding hydrogens is 264 g/mol. The molecule has 0 fully saturated rings. The highest BCUT2D eigenvalue weighted by Gasteiger charge is 2.22. The Labute approximate surface area is 123 Å². The van der Waals surface area contributed by atoms with Gasteiger partial charge < -0.3 is 0 Å². The first-order chi connectivity index (χ1) is 9.78. The molecule has 3 aromatic rings. The maximum absolute atomic E-state index is 4.88. The molecule has 2 aromatic heterocycles. The zero-order chi connectivity index (χ0) is 13.7. The minimum Gasteiger partial charge on any atom is -0.291 e. The van der Waals surface area contributed by atoms with Gasteiger partial charge in [-0.2, -0.15) is 0 Å². The highest BCUT2D eigenvalue weighted by atomic mass is 32.1. The summed E-state index contributed by atoms with van der Waals surface area (Å²) in [5.41, 5.74) is 6.57. The molecule has 2 nitrogen and oxygen atoms in total. The van der Waals surface area contributed by atoms with E-state index >= 15 is 0 Å². The number of hydrogen-bond donors (Lipinski definition) is 0. The van der Waals surface area contributed by atoms with Crippen molar-refractivity contribution >= 4 is 16.3 Å². The predicted molar refractivity (Wildman–Crippen MR) is 84.6 cm³/mol. The summed E-state index contributed by atoms with van der Waals surface area (Å²) in [4.78, 5) is 7.60. The van der Waals surface area contributed by atoms with Crippen LogP contribution in [-0.4, -0.2) is 9.38 Å². The van der Waals surface area contributed by atoms with Gasteiger partial charge in [-0.3, -0.25) is 4.40 Å². The molecule has 0 saturated heterocycles. The van der Waals surface area contributed by atoms with E-state index in [0.717, 1.165) is 12.1 Å². The second-order valence-electron chi connectivity index (χ2n) is 5.54. The van der Waals surface area contributed by atoms with Crippen molar-refractivity contribution < 1.29 is 0 Å². The maximum atomic E-state index is 4.88. The monoisotopic (exact) mass is 282 g/mol. The molecule has 1 aliphatic rings. The van der Waals surface area contributed by atoms with Crippen LogP contribution in [0.3, 0.4) is 0 Å². The molecule has 102 valence electrons. The number of imidazole rings is 1. The van der Waals surface area contributed by atoms with E-state index in [1.807, 2.05) is 11.3 Å². The number of hydrogen-bond acceptors (Lipinski definition) is 2. The molecule has 0 bridgehead atoms. The van der Waals surface area contributed by atoms with Gasteiger partial charge in [0.05, 0.1) is 5.69 Å². The van der Waals surface area contributed by atoms with Crippen LogP contribution in [-0.2, 0) is 19.3 Å². The van der Waals surface area contributed by atoms with Crippen LogP contribution in [0.1, 0.15) is 35.2 Å². The first-order valence-corrected chi connectivity index (χ1v) is 8.18. The zero-order valence-electron chi connectivity index (χ0n) is 11.9. The van der Waals surface area contributed by atoms with E-state index in [1.54, 1.807) is 4.88 Å². The normalized spacial score (nSPS) is 14.1. The minimum absolute atomic E-state index is 1.09. The van der Waals surface area contributed by atoms with E-state index in [0.29, 0.717) is 0 Å². The molecule has 0 amide bonds. The minimum atomic E-state index is 1.09. The SMILES string of the molecule is CCc1ccc(-c2nc3sc4c(n3c2C)CCC4)cc1. The fraction of sp³-hybridized carbons (Fsp3) is 0.353. The molecule has 0 unspecified atom stereocenters. The van der Waals surface area contributed by atoms with Gasteiger partial charge >= 0.3 is 0 Å². The van der Waals surface area contributed by atoms with Crippen LogP contribution >= 0.6 is 11.3 Å². The maximum Gasteiger partial charge on any atom is 0.194 e. The summed E-state index contributed by atoms with van der Waals surface area (Å²) < 4.78 is 2.38. The third-order valence-corrected chi connectivity index (χ3v) is 5.48. The summed E-state index contributed by atoms with van der Waals surface area (Å²) >= 11 is 1.88. The average Bonchev–Trinajstić information content (AvgIpc) is 3.11. The molecule has 3 heteroatoms. The lowest BCUT2D eigenvalue weighted by Gasteiger charge is -2.02. The first kappa shape index (κ1) is 12.2. The van der Waals surface area contributed by atoms with Gasteiger partial charge in [-0.25, -0.2) is 4.98 Å². The van der Waals surface area contributed by atoms with Crippen molar-refractivity contribution in [1.82, 2.24) is 9.38 Å². The molecule has 0 spiro atoms. The van der Waals surface area contributed by atoms with Gasteiger partial charge in [0.25, 0.3) is 0 Å². The van der Waals surface area contributed by atoms with Gasteiger partial charge in [0, 0.05) is 21.8 Å². The highest BCUT2D eigenvalue weighted by Crippen LogP contribution is 2.35. The smallest absolute Gasteiger partial charge is 0.194 e. The fourth-order valence-electron chi connectivity index (χ4n) is 3.19. The molecule has 0 radical (unpaired) electrons. The number of fused-ring (bicyclic) bond motifs is 3. The third kappa shape index (κ3) is 1.66.